The third kappa shape index (κ3) is 5.69. The minimum atomic E-state index is -0.881. The molecule has 2 aromatic rings. The summed E-state index contributed by atoms with van der Waals surface area (Å²) in [7, 11) is 0. The number of ether oxygens (including phenoxy) is 1. The number of primary amides is 1. The smallest absolute Gasteiger partial charge is 0.404 e. The zero-order valence-corrected chi connectivity index (χ0v) is 14.3. The van der Waals surface area contributed by atoms with Crippen molar-refractivity contribution in [3.63, 3.8) is 0 Å². The summed E-state index contributed by atoms with van der Waals surface area (Å²) in [4.78, 5) is 11.1. The predicted molar refractivity (Wildman–Crippen MR) is 92.9 cm³/mol. The standard InChI is InChI=1S/C18H20BrNO3/c19-15-11-9-13(10-12-15)5-4-8-16(23-18(20)22)17(21)14-6-2-1-3-7-14/h1-3,6-7,9-12,16-17,21H,4-5,8H2,(H2,20,22)/t16?,17-/m1/s1. The van der Waals surface area contributed by atoms with Gasteiger partial charge < -0.3 is 15.6 Å². The largest absolute Gasteiger partial charge is 0.443 e. The molecule has 5 heteroatoms. The molecule has 0 aliphatic carbocycles. The summed E-state index contributed by atoms with van der Waals surface area (Å²) >= 11 is 3.40. The zero-order chi connectivity index (χ0) is 16.7. The molecule has 2 rings (SSSR count). The molecule has 4 nitrogen and oxygen atoms in total. The fraction of sp³-hybridized carbons (Fsp3) is 0.278. The molecule has 0 bridgehead atoms. The van der Waals surface area contributed by atoms with Gasteiger partial charge in [0.2, 0.25) is 0 Å². The monoisotopic (exact) mass is 377 g/mol. The summed E-state index contributed by atoms with van der Waals surface area (Å²) in [5.74, 6) is 0. The summed E-state index contributed by atoms with van der Waals surface area (Å²) in [6.07, 6.45) is -0.237. The van der Waals surface area contributed by atoms with Crippen molar-refractivity contribution in [3.8, 4) is 0 Å². The fourth-order valence-corrected chi connectivity index (χ4v) is 2.72. The molecule has 122 valence electrons. The van der Waals surface area contributed by atoms with Crippen molar-refractivity contribution >= 4 is 22.0 Å². The van der Waals surface area contributed by atoms with E-state index in [-0.39, 0.29) is 0 Å². The normalized spacial score (nSPS) is 13.3. The molecule has 0 aliphatic rings. The molecular formula is C18H20BrNO3. The van der Waals surface area contributed by atoms with E-state index >= 15 is 0 Å². The van der Waals surface area contributed by atoms with Crippen LogP contribution in [0.3, 0.4) is 0 Å². The van der Waals surface area contributed by atoms with E-state index in [1.54, 1.807) is 12.1 Å². The highest BCUT2D eigenvalue weighted by Gasteiger charge is 2.23. The van der Waals surface area contributed by atoms with Crippen molar-refractivity contribution in [2.75, 3.05) is 0 Å². The minimum absolute atomic E-state index is 0.537. The maximum atomic E-state index is 11.1. The number of hydrogen-bond donors (Lipinski definition) is 2. The first kappa shape index (κ1) is 17.5. The lowest BCUT2D eigenvalue weighted by Crippen LogP contribution is -2.28. The second kappa shape index (κ2) is 8.70. The third-order valence-corrected chi connectivity index (χ3v) is 4.16. The molecular weight excluding hydrogens is 358 g/mol. The number of carbonyl (C=O) groups excluding carboxylic acids is 1. The Hall–Kier alpha value is -1.85. The number of carbonyl (C=O) groups is 1. The molecule has 2 aromatic carbocycles. The van der Waals surface area contributed by atoms with E-state index in [0.29, 0.717) is 12.0 Å². The van der Waals surface area contributed by atoms with E-state index < -0.39 is 18.3 Å². The third-order valence-electron chi connectivity index (χ3n) is 3.63. The highest BCUT2D eigenvalue weighted by Crippen LogP contribution is 2.23. The maximum absolute atomic E-state index is 11.1. The van der Waals surface area contributed by atoms with Crippen LogP contribution in [0.15, 0.2) is 59.1 Å². The van der Waals surface area contributed by atoms with Gasteiger partial charge in [-0.2, -0.15) is 0 Å². The van der Waals surface area contributed by atoms with E-state index in [0.717, 1.165) is 17.3 Å². The van der Waals surface area contributed by atoms with Gasteiger partial charge in [0.25, 0.3) is 0 Å². The van der Waals surface area contributed by atoms with E-state index in [9.17, 15) is 9.90 Å². The Balaban J connectivity index is 1.95. The molecule has 1 amide bonds. The van der Waals surface area contributed by atoms with Crippen LogP contribution in [0.1, 0.15) is 30.1 Å². The molecule has 3 N–H and O–H groups in total. The van der Waals surface area contributed by atoms with Crippen LogP contribution >= 0.6 is 15.9 Å². The molecule has 0 spiro atoms. The first-order chi connectivity index (χ1) is 11.1. The first-order valence-corrected chi connectivity index (χ1v) is 8.29. The Labute approximate surface area is 144 Å². The van der Waals surface area contributed by atoms with Gasteiger partial charge in [0.15, 0.2) is 0 Å². The SMILES string of the molecule is NC(=O)OC(CCCc1ccc(Br)cc1)[C@H](O)c1ccccc1. The Morgan fingerprint density at radius 3 is 2.39 bits per heavy atom. The molecule has 0 aromatic heterocycles. The van der Waals surface area contributed by atoms with E-state index in [4.69, 9.17) is 10.5 Å². The molecule has 0 heterocycles. The number of amides is 1. The van der Waals surface area contributed by atoms with Crippen LogP contribution in [0, 0.1) is 0 Å². The Bertz CT molecular complexity index is 616. The lowest BCUT2D eigenvalue weighted by atomic mass is 9.98. The van der Waals surface area contributed by atoms with Gasteiger partial charge in [0.05, 0.1) is 0 Å². The molecule has 2 atom stereocenters. The highest BCUT2D eigenvalue weighted by molar-refractivity contribution is 9.10. The number of benzene rings is 2. The van der Waals surface area contributed by atoms with Gasteiger partial charge >= 0.3 is 6.09 Å². The number of hydrogen-bond acceptors (Lipinski definition) is 3. The average molecular weight is 378 g/mol. The molecule has 0 aliphatic heterocycles. The van der Waals surface area contributed by atoms with Gasteiger partial charge in [-0.25, -0.2) is 4.79 Å². The minimum Gasteiger partial charge on any atom is -0.443 e. The Morgan fingerprint density at radius 1 is 1.13 bits per heavy atom. The van der Waals surface area contributed by atoms with Crippen LogP contribution < -0.4 is 5.73 Å². The molecule has 0 saturated carbocycles. The number of rotatable bonds is 7. The van der Waals surface area contributed by atoms with Crippen LogP contribution in [0.2, 0.25) is 0 Å². The Morgan fingerprint density at radius 2 is 1.78 bits per heavy atom. The van der Waals surface area contributed by atoms with E-state index in [1.165, 1.54) is 5.56 Å². The van der Waals surface area contributed by atoms with Gasteiger partial charge in [-0.1, -0.05) is 58.4 Å². The summed E-state index contributed by atoms with van der Waals surface area (Å²) in [6, 6.07) is 17.2. The summed E-state index contributed by atoms with van der Waals surface area (Å²) in [5.41, 5.74) is 7.04. The summed E-state index contributed by atoms with van der Waals surface area (Å²) in [5, 5.41) is 10.4. The lowest BCUT2D eigenvalue weighted by Gasteiger charge is -2.22. The van der Waals surface area contributed by atoms with Gasteiger partial charge in [0.1, 0.15) is 12.2 Å². The topological polar surface area (TPSA) is 72.6 Å². The Kier molecular flexibility index (Phi) is 6.62. The van der Waals surface area contributed by atoms with Crippen LogP contribution in [0.4, 0.5) is 4.79 Å². The number of nitrogens with two attached hydrogens (primary N) is 1. The summed E-state index contributed by atoms with van der Waals surface area (Å²) < 4.78 is 6.14. The van der Waals surface area contributed by atoms with Crippen molar-refractivity contribution in [3.05, 3.63) is 70.2 Å². The number of aliphatic hydroxyl groups excluding tert-OH is 1. The molecule has 0 fully saturated rings. The van der Waals surface area contributed by atoms with Crippen LogP contribution in [0.25, 0.3) is 0 Å². The van der Waals surface area contributed by atoms with E-state index in [2.05, 4.69) is 15.9 Å². The van der Waals surface area contributed by atoms with Gasteiger partial charge in [0, 0.05) is 4.47 Å². The van der Waals surface area contributed by atoms with Crippen LogP contribution in [-0.2, 0) is 11.2 Å². The fourth-order valence-electron chi connectivity index (χ4n) is 2.45. The average Bonchev–Trinajstić information content (AvgIpc) is 2.55. The number of aryl methyl sites for hydroxylation is 1. The van der Waals surface area contributed by atoms with Crippen molar-refractivity contribution in [1.82, 2.24) is 0 Å². The van der Waals surface area contributed by atoms with Crippen molar-refractivity contribution in [2.24, 2.45) is 5.73 Å². The zero-order valence-electron chi connectivity index (χ0n) is 12.7. The second-order valence-corrected chi connectivity index (χ2v) is 6.27. The van der Waals surface area contributed by atoms with Gasteiger partial charge in [-0.15, -0.1) is 0 Å². The molecule has 0 saturated heterocycles. The van der Waals surface area contributed by atoms with Crippen molar-refractivity contribution in [1.29, 1.82) is 0 Å². The van der Waals surface area contributed by atoms with Gasteiger partial charge in [-0.3, -0.25) is 0 Å². The van der Waals surface area contributed by atoms with Crippen LogP contribution in [-0.4, -0.2) is 17.3 Å². The number of halogens is 1. The van der Waals surface area contributed by atoms with Gasteiger partial charge in [-0.05, 0) is 42.5 Å². The predicted octanol–water partition coefficient (Wildman–Crippen LogP) is 3.97. The first-order valence-electron chi connectivity index (χ1n) is 7.50. The van der Waals surface area contributed by atoms with Crippen molar-refractivity contribution < 1.29 is 14.6 Å². The number of aliphatic hydroxyl groups is 1. The highest BCUT2D eigenvalue weighted by atomic mass is 79.9. The molecule has 0 radical (unpaired) electrons. The summed E-state index contributed by atoms with van der Waals surface area (Å²) in [6.45, 7) is 0. The van der Waals surface area contributed by atoms with Crippen LogP contribution in [0.5, 0.6) is 0 Å². The van der Waals surface area contributed by atoms with Crippen molar-refractivity contribution in [2.45, 2.75) is 31.5 Å². The molecule has 23 heavy (non-hydrogen) atoms. The maximum Gasteiger partial charge on any atom is 0.404 e. The lowest BCUT2D eigenvalue weighted by molar-refractivity contribution is -0.000158. The quantitative estimate of drug-likeness (QED) is 0.766. The van der Waals surface area contributed by atoms with E-state index in [1.807, 2.05) is 42.5 Å². The second-order valence-electron chi connectivity index (χ2n) is 5.35. The molecule has 1 unspecified atom stereocenters.